The number of benzene rings is 1. The van der Waals surface area contributed by atoms with Crippen molar-refractivity contribution in [2.24, 2.45) is 62.1 Å². The van der Waals surface area contributed by atoms with E-state index >= 15 is 0 Å². The summed E-state index contributed by atoms with van der Waals surface area (Å²) < 4.78 is 6.18. The molecule has 52 heavy (non-hydrogen) atoms. The van der Waals surface area contributed by atoms with Crippen LogP contribution in [0.15, 0.2) is 42.5 Å². The number of amides is 1. The van der Waals surface area contributed by atoms with Gasteiger partial charge in [0.2, 0.25) is 5.91 Å². The molecule has 0 aromatic heterocycles. The fraction of sp³-hybridized carbons (Fsp3) is 0.756. The Bertz CT molecular complexity index is 1550. The zero-order valence-electron chi connectivity index (χ0n) is 33.4. The lowest BCUT2D eigenvalue weighted by Crippen LogP contribution is -2.67. The van der Waals surface area contributed by atoms with Crippen molar-refractivity contribution in [2.75, 3.05) is 6.61 Å². The molecule has 288 valence electrons. The number of hydrogen-bond donors (Lipinski definition) is 3. The molecule has 0 heterocycles. The van der Waals surface area contributed by atoms with E-state index in [0.29, 0.717) is 36.0 Å². The van der Waals surface area contributed by atoms with Crippen LogP contribution in [-0.4, -0.2) is 40.8 Å². The van der Waals surface area contributed by atoms with Crippen LogP contribution in [0.5, 0.6) is 0 Å². The van der Waals surface area contributed by atoms with E-state index in [1.54, 1.807) is 13.8 Å². The summed E-state index contributed by atoms with van der Waals surface area (Å²) in [6.07, 6.45) is 10.9. The second kappa shape index (κ2) is 13.6. The van der Waals surface area contributed by atoms with Gasteiger partial charge in [-0.3, -0.25) is 14.4 Å². The second-order valence-electron chi connectivity index (χ2n) is 20.1. The van der Waals surface area contributed by atoms with Crippen molar-refractivity contribution in [2.45, 2.75) is 145 Å². The number of rotatable bonds is 10. The smallest absolute Gasteiger partial charge is 0.309 e. The van der Waals surface area contributed by atoms with E-state index in [1.165, 1.54) is 18.4 Å². The lowest BCUT2D eigenvalue weighted by Gasteiger charge is -2.73. The first-order valence-corrected chi connectivity index (χ1v) is 20.3. The van der Waals surface area contributed by atoms with Crippen molar-refractivity contribution < 1.29 is 29.3 Å². The number of carboxylic acid groups (broad SMARTS) is 1. The molecule has 1 aromatic rings. The predicted molar refractivity (Wildman–Crippen MR) is 204 cm³/mol. The molecule has 7 nitrogen and oxygen atoms in total. The van der Waals surface area contributed by atoms with Gasteiger partial charge >= 0.3 is 11.9 Å². The standard InChI is InChI=1S/C45H67NO6/c1-28(2)30-17-22-45(25-36(48)46-32(27-47)29-13-11-10-12-14-29)24-23-43(8)31(38(30)45)15-16-34-42(7)20-19-35(52-37(49)26-40(3,4)39(50)51)41(5,6)33(42)18-21-44(34,43)9/h10-14,30-35,38,47H,1,15-27H2,2-9H3,(H,46,48)(H,50,51)/t30-,31+,32+,33?,34?,35-,38?,42-,43+,44+,45+/m0/s1. The SMILES string of the molecule is C=C(C)[C@@H]1CC[C@]2(CC(=O)N[C@H](CO)c3ccccc3)CC[C@]3(C)[C@H](CCC4[C@@]5(C)CC[C@H](OC(=O)CC(C)(C)C(=O)O)C(C)(C)C5CC[C@]43C)C12. The Morgan fingerprint density at radius 2 is 1.60 bits per heavy atom. The molecular formula is C45H67NO6. The van der Waals surface area contributed by atoms with Gasteiger partial charge in [0.25, 0.3) is 0 Å². The molecule has 6 rings (SSSR count). The molecule has 0 saturated heterocycles. The monoisotopic (exact) mass is 717 g/mol. The quantitative estimate of drug-likeness (QED) is 0.164. The molecule has 0 aliphatic heterocycles. The number of aliphatic hydroxyl groups is 1. The third-order valence-electron chi connectivity index (χ3n) is 16.8. The van der Waals surface area contributed by atoms with Gasteiger partial charge in [0.15, 0.2) is 0 Å². The van der Waals surface area contributed by atoms with Crippen LogP contribution in [0.1, 0.15) is 144 Å². The molecule has 3 N–H and O–H groups in total. The number of carbonyl (C=O) groups excluding carboxylic acids is 2. The van der Waals surface area contributed by atoms with Crippen LogP contribution in [0.2, 0.25) is 0 Å². The van der Waals surface area contributed by atoms with Crippen LogP contribution in [0.25, 0.3) is 0 Å². The van der Waals surface area contributed by atoms with Gasteiger partial charge in [-0.25, -0.2) is 0 Å². The zero-order chi connectivity index (χ0) is 38.1. The van der Waals surface area contributed by atoms with Crippen LogP contribution in [0.3, 0.4) is 0 Å². The van der Waals surface area contributed by atoms with Crippen LogP contribution in [0, 0.1) is 62.1 Å². The Hall–Kier alpha value is -2.67. The van der Waals surface area contributed by atoms with E-state index in [1.807, 2.05) is 30.3 Å². The molecule has 0 bridgehead atoms. The Morgan fingerprint density at radius 3 is 2.23 bits per heavy atom. The van der Waals surface area contributed by atoms with Crippen LogP contribution in [0.4, 0.5) is 0 Å². The van der Waals surface area contributed by atoms with Gasteiger partial charge in [-0.05, 0) is 142 Å². The molecule has 5 aliphatic rings. The summed E-state index contributed by atoms with van der Waals surface area (Å²) in [6, 6.07) is 9.40. The van der Waals surface area contributed by atoms with Gasteiger partial charge in [0, 0.05) is 11.8 Å². The number of hydrogen-bond acceptors (Lipinski definition) is 5. The first kappa shape index (κ1) is 39.0. The number of nitrogens with one attached hydrogen (secondary N) is 1. The summed E-state index contributed by atoms with van der Waals surface area (Å²) in [5.41, 5.74) is 1.17. The maximum Gasteiger partial charge on any atom is 0.309 e. The van der Waals surface area contributed by atoms with E-state index in [9.17, 15) is 24.6 Å². The summed E-state index contributed by atoms with van der Waals surface area (Å²) in [7, 11) is 0. The highest BCUT2D eigenvalue weighted by Crippen LogP contribution is 2.78. The maximum absolute atomic E-state index is 13.9. The topological polar surface area (TPSA) is 113 Å². The van der Waals surface area contributed by atoms with E-state index in [0.717, 1.165) is 56.9 Å². The fourth-order valence-corrected chi connectivity index (χ4v) is 13.9. The van der Waals surface area contributed by atoms with E-state index in [4.69, 9.17) is 4.74 Å². The molecule has 5 saturated carbocycles. The molecule has 5 fully saturated rings. The molecular weight excluding hydrogens is 650 g/mol. The van der Waals surface area contributed by atoms with E-state index < -0.39 is 23.4 Å². The van der Waals surface area contributed by atoms with Gasteiger partial charge in [0.05, 0.1) is 24.5 Å². The summed E-state index contributed by atoms with van der Waals surface area (Å²) in [4.78, 5) is 38.8. The Labute approximate surface area is 313 Å². The predicted octanol–water partition coefficient (Wildman–Crippen LogP) is 9.30. The van der Waals surface area contributed by atoms with E-state index in [2.05, 4.69) is 53.4 Å². The van der Waals surface area contributed by atoms with Crippen LogP contribution >= 0.6 is 0 Å². The lowest BCUT2D eigenvalue weighted by atomic mass is 9.32. The lowest BCUT2D eigenvalue weighted by molar-refractivity contribution is -0.250. The number of aliphatic carboxylic acids is 1. The first-order valence-electron chi connectivity index (χ1n) is 20.3. The highest BCUT2D eigenvalue weighted by atomic mass is 16.5. The number of fused-ring (bicyclic) bond motifs is 7. The largest absolute Gasteiger partial charge is 0.481 e. The second-order valence-corrected chi connectivity index (χ2v) is 20.1. The number of aliphatic hydroxyl groups excluding tert-OH is 1. The highest BCUT2D eigenvalue weighted by molar-refractivity contribution is 5.81. The molecule has 7 heteroatoms. The van der Waals surface area contributed by atoms with E-state index in [-0.39, 0.29) is 52.1 Å². The minimum Gasteiger partial charge on any atom is -0.481 e. The van der Waals surface area contributed by atoms with Crippen molar-refractivity contribution in [3.05, 3.63) is 48.0 Å². The fourth-order valence-electron chi connectivity index (χ4n) is 13.9. The molecule has 1 aromatic carbocycles. The maximum atomic E-state index is 13.9. The summed E-state index contributed by atoms with van der Waals surface area (Å²) >= 11 is 0. The summed E-state index contributed by atoms with van der Waals surface area (Å²) in [5, 5.41) is 23.1. The third kappa shape index (κ3) is 6.17. The van der Waals surface area contributed by atoms with Gasteiger partial charge < -0.3 is 20.3 Å². The van der Waals surface area contributed by atoms with Crippen molar-refractivity contribution >= 4 is 17.8 Å². The summed E-state index contributed by atoms with van der Waals surface area (Å²) in [5.74, 6) is 0.984. The van der Waals surface area contributed by atoms with Crippen molar-refractivity contribution in [3.8, 4) is 0 Å². The normalized spacial score (nSPS) is 39.9. The number of ether oxygens (including phenoxy) is 1. The van der Waals surface area contributed by atoms with Crippen molar-refractivity contribution in [1.29, 1.82) is 0 Å². The molecule has 0 radical (unpaired) electrons. The summed E-state index contributed by atoms with van der Waals surface area (Å²) in [6.45, 7) is 22.2. The van der Waals surface area contributed by atoms with Gasteiger partial charge in [-0.2, -0.15) is 0 Å². The van der Waals surface area contributed by atoms with Crippen LogP contribution < -0.4 is 5.32 Å². The number of carbonyl (C=O) groups is 3. The highest BCUT2D eigenvalue weighted by Gasteiger charge is 2.71. The zero-order valence-corrected chi connectivity index (χ0v) is 33.4. The molecule has 5 aliphatic carbocycles. The Morgan fingerprint density at radius 1 is 0.904 bits per heavy atom. The number of carboxylic acids is 1. The average molecular weight is 718 g/mol. The first-order chi connectivity index (χ1) is 24.3. The number of esters is 1. The van der Waals surface area contributed by atoms with Crippen LogP contribution in [-0.2, 0) is 19.1 Å². The minimum absolute atomic E-state index is 0.0537. The van der Waals surface area contributed by atoms with Crippen molar-refractivity contribution in [3.63, 3.8) is 0 Å². The Balaban J connectivity index is 1.24. The molecule has 3 unspecified atom stereocenters. The Kier molecular flexibility index (Phi) is 10.2. The molecule has 11 atom stereocenters. The molecule has 0 spiro atoms. The minimum atomic E-state index is -1.15. The number of allylic oxidation sites excluding steroid dienone is 1. The van der Waals surface area contributed by atoms with Gasteiger partial charge in [0.1, 0.15) is 6.10 Å². The van der Waals surface area contributed by atoms with Gasteiger partial charge in [-0.1, -0.05) is 77.1 Å². The molecule has 1 amide bonds. The van der Waals surface area contributed by atoms with Crippen molar-refractivity contribution in [1.82, 2.24) is 5.32 Å². The average Bonchev–Trinajstić information content (AvgIpc) is 3.45. The van der Waals surface area contributed by atoms with Gasteiger partial charge in [-0.15, -0.1) is 0 Å². The third-order valence-corrected chi connectivity index (χ3v) is 16.8.